The van der Waals surface area contributed by atoms with Gasteiger partial charge in [-0.3, -0.25) is 4.79 Å². The standard InChI is InChI=1S/C14H11Cl3N4O3/c1-24-8-4-6(2-3-7(8)22)5-19-21-14(23)12-9(15)11(18)10(16)13(17)20-12/h2-5,22H,1H3,(H2,18,20)(H,21,23)/b19-5+. The summed E-state index contributed by atoms with van der Waals surface area (Å²) < 4.78 is 4.97. The summed E-state index contributed by atoms with van der Waals surface area (Å²) >= 11 is 17.5. The van der Waals surface area contributed by atoms with E-state index in [1.165, 1.54) is 25.5 Å². The zero-order chi connectivity index (χ0) is 17.9. The quantitative estimate of drug-likeness (QED) is 0.423. The lowest BCUT2D eigenvalue weighted by atomic mass is 10.2. The summed E-state index contributed by atoms with van der Waals surface area (Å²) in [5.74, 6) is -0.458. The molecule has 2 aromatic rings. The molecule has 10 heteroatoms. The molecule has 0 aliphatic carbocycles. The third-order valence-corrected chi connectivity index (χ3v) is 4.01. The van der Waals surface area contributed by atoms with E-state index in [0.29, 0.717) is 5.56 Å². The molecule has 126 valence electrons. The largest absolute Gasteiger partial charge is 0.504 e. The lowest BCUT2D eigenvalue weighted by Gasteiger charge is -2.07. The third kappa shape index (κ3) is 3.81. The van der Waals surface area contributed by atoms with Crippen molar-refractivity contribution in [2.75, 3.05) is 12.8 Å². The Morgan fingerprint density at radius 1 is 1.38 bits per heavy atom. The first kappa shape index (κ1) is 18.1. The Labute approximate surface area is 152 Å². The molecule has 4 N–H and O–H groups in total. The first-order chi connectivity index (χ1) is 11.3. The fraction of sp³-hybridized carbons (Fsp3) is 0.0714. The van der Waals surface area contributed by atoms with Crippen molar-refractivity contribution in [1.29, 1.82) is 0 Å². The van der Waals surface area contributed by atoms with Crippen LogP contribution in [0.1, 0.15) is 16.1 Å². The van der Waals surface area contributed by atoms with Crippen LogP contribution in [0.4, 0.5) is 5.69 Å². The highest BCUT2D eigenvalue weighted by molar-refractivity contribution is 6.46. The van der Waals surface area contributed by atoms with Gasteiger partial charge in [-0.2, -0.15) is 5.10 Å². The molecule has 24 heavy (non-hydrogen) atoms. The second-order valence-electron chi connectivity index (χ2n) is 4.42. The number of carbonyl (C=O) groups is 1. The number of rotatable bonds is 4. The monoisotopic (exact) mass is 388 g/mol. The number of ether oxygens (including phenoxy) is 1. The Morgan fingerprint density at radius 3 is 2.75 bits per heavy atom. The number of anilines is 1. The first-order valence-corrected chi connectivity index (χ1v) is 7.49. The number of hydrogen-bond acceptors (Lipinski definition) is 6. The topological polar surface area (TPSA) is 110 Å². The van der Waals surface area contributed by atoms with E-state index < -0.39 is 5.91 Å². The Morgan fingerprint density at radius 2 is 2.08 bits per heavy atom. The summed E-state index contributed by atoms with van der Waals surface area (Å²) in [5.41, 5.74) is 8.21. The number of hydrazone groups is 1. The van der Waals surface area contributed by atoms with E-state index in [2.05, 4.69) is 15.5 Å². The van der Waals surface area contributed by atoms with Crippen LogP contribution in [-0.4, -0.2) is 29.3 Å². The van der Waals surface area contributed by atoms with E-state index in [-0.39, 0.29) is 38.1 Å². The first-order valence-electron chi connectivity index (χ1n) is 6.35. The molecule has 1 aromatic heterocycles. The number of nitrogens with two attached hydrogens (primary N) is 1. The van der Waals surface area contributed by atoms with Crippen LogP contribution < -0.4 is 15.9 Å². The smallest absolute Gasteiger partial charge is 0.291 e. The molecular weight excluding hydrogens is 379 g/mol. The molecule has 0 unspecified atom stereocenters. The van der Waals surface area contributed by atoms with Gasteiger partial charge in [0.2, 0.25) is 0 Å². The van der Waals surface area contributed by atoms with Crippen molar-refractivity contribution < 1.29 is 14.6 Å². The van der Waals surface area contributed by atoms with Crippen LogP contribution in [0.3, 0.4) is 0 Å². The molecule has 2 rings (SSSR count). The van der Waals surface area contributed by atoms with Crippen molar-refractivity contribution in [3.8, 4) is 11.5 Å². The molecule has 0 saturated heterocycles. The summed E-state index contributed by atoms with van der Waals surface area (Å²) in [5, 5.41) is 13.0. The molecule has 0 aliphatic rings. The number of nitrogens with zero attached hydrogens (tertiary/aromatic N) is 2. The minimum atomic E-state index is -0.715. The number of nitrogen functional groups attached to an aromatic ring is 1. The van der Waals surface area contributed by atoms with Gasteiger partial charge in [-0.05, 0) is 23.8 Å². The van der Waals surface area contributed by atoms with Crippen molar-refractivity contribution in [2.24, 2.45) is 5.10 Å². The predicted molar refractivity (Wildman–Crippen MR) is 93.4 cm³/mol. The highest BCUT2D eigenvalue weighted by Crippen LogP contribution is 2.34. The van der Waals surface area contributed by atoms with Gasteiger partial charge >= 0.3 is 0 Å². The number of nitrogens with one attached hydrogen (secondary N) is 1. The van der Waals surface area contributed by atoms with Crippen LogP contribution >= 0.6 is 34.8 Å². The highest BCUT2D eigenvalue weighted by atomic mass is 35.5. The van der Waals surface area contributed by atoms with Crippen molar-refractivity contribution in [2.45, 2.75) is 0 Å². The Hall–Kier alpha value is -2.22. The van der Waals surface area contributed by atoms with E-state index in [1.807, 2.05) is 0 Å². The summed E-state index contributed by atoms with van der Waals surface area (Å²) in [6.45, 7) is 0. The van der Waals surface area contributed by atoms with E-state index in [4.69, 9.17) is 45.3 Å². The second-order valence-corrected chi connectivity index (χ2v) is 5.54. The van der Waals surface area contributed by atoms with Crippen LogP contribution in [0.15, 0.2) is 23.3 Å². The SMILES string of the molecule is COc1cc(/C=N/NC(=O)c2nc(Cl)c(Cl)c(N)c2Cl)ccc1O. The lowest BCUT2D eigenvalue weighted by molar-refractivity contribution is 0.0950. The number of aromatic nitrogens is 1. The fourth-order valence-corrected chi connectivity index (χ4v) is 2.27. The van der Waals surface area contributed by atoms with Crippen LogP contribution in [-0.2, 0) is 0 Å². The van der Waals surface area contributed by atoms with Gasteiger partial charge in [-0.25, -0.2) is 10.4 Å². The summed E-state index contributed by atoms with van der Waals surface area (Å²) in [4.78, 5) is 15.8. The van der Waals surface area contributed by atoms with Crippen LogP contribution in [0.2, 0.25) is 15.2 Å². The zero-order valence-corrected chi connectivity index (χ0v) is 14.4. The van der Waals surface area contributed by atoms with Gasteiger partial charge < -0.3 is 15.6 Å². The third-order valence-electron chi connectivity index (χ3n) is 2.87. The molecule has 1 aromatic carbocycles. The molecular formula is C14H11Cl3N4O3. The molecule has 0 bridgehead atoms. The number of hydrogen-bond donors (Lipinski definition) is 3. The maximum atomic E-state index is 12.1. The van der Waals surface area contributed by atoms with Gasteiger partial charge in [-0.1, -0.05) is 34.8 Å². The summed E-state index contributed by atoms with van der Waals surface area (Å²) in [6.07, 6.45) is 1.34. The Balaban J connectivity index is 2.17. The zero-order valence-electron chi connectivity index (χ0n) is 12.2. The number of benzene rings is 1. The number of carbonyl (C=O) groups excluding carboxylic acids is 1. The minimum absolute atomic E-state index is 0.0130. The van der Waals surface area contributed by atoms with Gasteiger partial charge in [0.05, 0.1) is 24.0 Å². The van der Waals surface area contributed by atoms with Gasteiger partial charge in [0.25, 0.3) is 5.91 Å². The molecule has 1 heterocycles. The van der Waals surface area contributed by atoms with Gasteiger partial charge in [0, 0.05) is 0 Å². The number of aromatic hydroxyl groups is 1. The Bertz CT molecular complexity index is 827. The Kier molecular flexibility index (Phi) is 5.71. The number of amides is 1. The minimum Gasteiger partial charge on any atom is -0.504 e. The van der Waals surface area contributed by atoms with Crippen molar-refractivity contribution >= 4 is 52.6 Å². The van der Waals surface area contributed by atoms with Gasteiger partial charge in [0.15, 0.2) is 22.3 Å². The van der Waals surface area contributed by atoms with E-state index in [1.54, 1.807) is 6.07 Å². The maximum absolute atomic E-state index is 12.1. The molecule has 0 saturated carbocycles. The summed E-state index contributed by atoms with van der Waals surface area (Å²) in [7, 11) is 1.42. The molecule has 0 atom stereocenters. The average Bonchev–Trinajstić information content (AvgIpc) is 2.57. The number of pyridine rings is 1. The van der Waals surface area contributed by atoms with Crippen LogP contribution in [0.5, 0.6) is 11.5 Å². The number of halogens is 3. The maximum Gasteiger partial charge on any atom is 0.291 e. The molecule has 0 fully saturated rings. The van der Waals surface area contributed by atoms with Gasteiger partial charge in [-0.15, -0.1) is 0 Å². The second kappa shape index (κ2) is 7.57. The van der Waals surface area contributed by atoms with Crippen LogP contribution in [0, 0.1) is 0 Å². The number of phenols is 1. The van der Waals surface area contributed by atoms with E-state index in [9.17, 15) is 9.90 Å². The van der Waals surface area contributed by atoms with Crippen molar-refractivity contribution in [1.82, 2.24) is 10.4 Å². The summed E-state index contributed by atoms with van der Waals surface area (Å²) in [6, 6.07) is 4.54. The van der Waals surface area contributed by atoms with Gasteiger partial charge in [0.1, 0.15) is 5.02 Å². The van der Waals surface area contributed by atoms with Crippen molar-refractivity contribution in [3.05, 3.63) is 44.7 Å². The molecule has 0 aliphatic heterocycles. The molecule has 0 radical (unpaired) electrons. The predicted octanol–water partition coefficient (Wildman–Crippen LogP) is 3.10. The van der Waals surface area contributed by atoms with Crippen LogP contribution in [0.25, 0.3) is 0 Å². The average molecular weight is 390 g/mol. The lowest BCUT2D eigenvalue weighted by Crippen LogP contribution is -2.20. The van der Waals surface area contributed by atoms with Crippen molar-refractivity contribution in [3.63, 3.8) is 0 Å². The molecule has 0 spiro atoms. The fourth-order valence-electron chi connectivity index (χ4n) is 1.67. The van der Waals surface area contributed by atoms with E-state index in [0.717, 1.165) is 0 Å². The molecule has 1 amide bonds. The molecule has 7 nitrogen and oxygen atoms in total. The normalized spacial score (nSPS) is 10.8. The highest BCUT2D eigenvalue weighted by Gasteiger charge is 2.19. The number of methoxy groups -OCH3 is 1. The van der Waals surface area contributed by atoms with E-state index >= 15 is 0 Å². The number of phenolic OH excluding ortho intramolecular Hbond substituents is 1.